The molecule has 3 saturated heterocycles. The van der Waals surface area contributed by atoms with Crippen LogP contribution in [0.3, 0.4) is 0 Å². The second-order valence-corrected chi connectivity index (χ2v) is 19.8. The molecule has 6 rings (SSSR count). The van der Waals surface area contributed by atoms with Gasteiger partial charge in [-0.15, -0.1) is 0 Å². The highest BCUT2D eigenvalue weighted by atomic mass is 28.3. The summed E-state index contributed by atoms with van der Waals surface area (Å²) < 4.78 is 33.0. The molecule has 6 atom stereocenters. The van der Waals surface area contributed by atoms with Crippen LogP contribution in [0.15, 0.2) is 91.0 Å². The predicted molar refractivity (Wildman–Crippen MR) is 172 cm³/mol. The summed E-state index contributed by atoms with van der Waals surface area (Å²) in [7, 11) is -2.07. The molecule has 0 aliphatic carbocycles. The molecule has 8 heteroatoms. The van der Waals surface area contributed by atoms with E-state index in [1.165, 1.54) is 0 Å². The molecule has 234 valence electrons. The number of carbonyl (C=O) groups excluding carboxylic acids is 1. The first kappa shape index (κ1) is 31.1. The number of hydrogen-bond acceptors (Lipinski definition) is 6. The van der Waals surface area contributed by atoms with E-state index < -0.39 is 50.3 Å². The van der Waals surface area contributed by atoms with E-state index in [1.807, 2.05) is 68.4 Å². The van der Waals surface area contributed by atoms with Crippen molar-refractivity contribution in [1.82, 2.24) is 5.32 Å². The Morgan fingerprint density at radius 3 is 1.77 bits per heavy atom. The van der Waals surface area contributed by atoms with Crippen molar-refractivity contribution in [2.45, 2.75) is 101 Å². The Bertz CT molecular complexity index is 1350. The highest BCUT2D eigenvalue weighted by Crippen LogP contribution is 2.50. The van der Waals surface area contributed by atoms with Crippen molar-refractivity contribution in [3.05, 3.63) is 108 Å². The molecule has 0 saturated carbocycles. The molecule has 3 fully saturated rings. The van der Waals surface area contributed by atoms with Gasteiger partial charge in [0.1, 0.15) is 30.1 Å². The van der Waals surface area contributed by atoms with Crippen molar-refractivity contribution >= 4 is 14.0 Å². The van der Waals surface area contributed by atoms with Crippen LogP contribution in [0, 0.1) is 0 Å². The van der Waals surface area contributed by atoms with E-state index in [1.54, 1.807) is 0 Å². The second-order valence-electron chi connectivity index (χ2n) is 14.2. The summed E-state index contributed by atoms with van der Waals surface area (Å²) in [4.78, 5) is 13.0. The summed E-state index contributed by atoms with van der Waals surface area (Å²) in [6, 6.07) is 30.8. The molecule has 3 aromatic rings. The first-order valence-corrected chi connectivity index (χ1v) is 18.7. The molecule has 3 aliphatic rings. The third kappa shape index (κ3) is 5.46. The second kappa shape index (κ2) is 11.5. The predicted octanol–water partition coefficient (Wildman–Crippen LogP) is 6.59. The SMILES string of the molecule is CC1(C)O[C@H]2O[C@H](COC(c3ccccc3)(c3ccccc3)c3ccccc3)[C@H](O[C@@H]3NC(=O)[C@@H]3[Si](C)(C)C(C)(C)C)[C@H]2O1. The zero-order valence-electron chi connectivity index (χ0n) is 26.8. The first-order valence-electron chi connectivity index (χ1n) is 15.6. The first-order chi connectivity index (χ1) is 20.8. The summed E-state index contributed by atoms with van der Waals surface area (Å²) in [6.07, 6.45) is -2.51. The normalized spacial score (nSPS) is 28.3. The number of fused-ring (bicyclic) bond motifs is 1. The van der Waals surface area contributed by atoms with E-state index in [4.69, 9.17) is 23.7 Å². The number of ether oxygens (including phenoxy) is 5. The Balaban J connectivity index is 1.34. The van der Waals surface area contributed by atoms with E-state index in [0.717, 1.165) is 16.7 Å². The topological polar surface area (TPSA) is 75.3 Å². The van der Waals surface area contributed by atoms with E-state index in [2.05, 4.69) is 75.6 Å². The molecule has 1 N–H and O–H groups in total. The minimum Gasteiger partial charge on any atom is -0.358 e. The van der Waals surface area contributed by atoms with Crippen molar-refractivity contribution in [3.63, 3.8) is 0 Å². The smallest absolute Gasteiger partial charge is 0.226 e. The molecule has 0 unspecified atom stereocenters. The van der Waals surface area contributed by atoms with Gasteiger partial charge < -0.3 is 29.0 Å². The van der Waals surface area contributed by atoms with Gasteiger partial charge in [-0.1, -0.05) is 125 Å². The highest BCUT2D eigenvalue weighted by molar-refractivity contribution is 6.85. The van der Waals surface area contributed by atoms with E-state index in [9.17, 15) is 4.79 Å². The van der Waals surface area contributed by atoms with Crippen molar-refractivity contribution in [2.24, 2.45) is 0 Å². The van der Waals surface area contributed by atoms with Crippen LogP contribution >= 0.6 is 0 Å². The number of benzene rings is 3. The molecule has 44 heavy (non-hydrogen) atoms. The van der Waals surface area contributed by atoms with Crippen molar-refractivity contribution in [2.75, 3.05) is 6.61 Å². The Kier molecular flexibility index (Phi) is 8.14. The van der Waals surface area contributed by atoms with E-state index in [-0.39, 0.29) is 23.1 Å². The van der Waals surface area contributed by atoms with E-state index in [0.29, 0.717) is 0 Å². The van der Waals surface area contributed by atoms with Crippen LogP contribution in [0.25, 0.3) is 0 Å². The van der Waals surface area contributed by atoms with Gasteiger partial charge >= 0.3 is 0 Å². The average molecular weight is 616 g/mol. The summed E-state index contributed by atoms with van der Waals surface area (Å²) in [5.41, 5.74) is 1.92. The summed E-state index contributed by atoms with van der Waals surface area (Å²) in [6.45, 7) is 15.2. The van der Waals surface area contributed by atoms with Gasteiger partial charge in [-0.25, -0.2) is 0 Å². The monoisotopic (exact) mass is 615 g/mol. The maximum atomic E-state index is 13.0. The molecular formula is C36H45NO6Si. The summed E-state index contributed by atoms with van der Waals surface area (Å²) in [5.74, 6) is -0.753. The molecule has 0 radical (unpaired) electrons. The molecule has 3 aliphatic heterocycles. The molecule has 3 aromatic carbocycles. The largest absolute Gasteiger partial charge is 0.358 e. The van der Waals surface area contributed by atoms with Gasteiger partial charge in [0, 0.05) is 0 Å². The number of nitrogens with one attached hydrogen (secondary N) is 1. The van der Waals surface area contributed by atoms with Crippen LogP contribution < -0.4 is 5.32 Å². The fraction of sp³-hybridized carbons (Fsp3) is 0.472. The maximum absolute atomic E-state index is 13.0. The van der Waals surface area contributed by atoms with Crippen molar-refractivity contribution in [3.8, 4) is 0 Å². The summed E-state index contributed by atoms with van der Waals surface area (Å²) in [5, 5.41) is 3.07. The Morgan fingerprint density at radius 1 is 0.818 bits per heavy atom. The van der Waals surface area contributed by atoms with Gasteiger partial charge in [0.05, 0.1) is 20.2 Å². The molecule has 0 aromatic heterocycles. The quantitative estimate of drug-likeness (QED) is 0.166. The minimum atomic E-state index is -2.07. The lowest BCUT2D eigenvalue weighted by Crippen LogP contribution is -2.67. The van der Waals surface area contributed by atoms with Crippen LogP contribution in [-0.4, -0.2) is 57.2 Å². The van der Waals surface area contributed by atoms with Gasteiger partial charge in [-0.2, -0.15) is 0 Å². The van der Waals surface area contributed by atoms with E-state index >= 15 is 0 Å². The lowest BCUT2D eigenvalue weighted by atomic mass is 9.80. The maximum Gasteiger partial charge on any atom is 0.226 e. The number of rotatable bonds is 9. The standard InChI is InChI=1S/C36H45NO6Si/c1-34(2,3)44(6,7)30-31(38)37-32(30)41-28-27(40-33-29(28)42-35(4,5)43-33)23-39-36(24-17-11-8-12-18-24,25-19-13-9-14-20-25)26-21-15-10-16-22-26/h8-22,27-30,32-33H,23H2,1-7H3,(H,37,38)/t27-,28+,29-,30+,32+,33-/m1/s1. The van der Waals surface area contributed by atoms with Gasteiger partial charge in [-0.3, -0.25) is 4.79 Å². The lowest BCUT2D eigenvalue weighted by Gasteiger charge is -2.51. The molecule has 1 amide bonds. The molecule has 7 nitrogen and oxygen atoms in total. The van der Waals surface area contributed by atoms with Crippen LogP contribution in [0.1, 0.15) is 51.3 Å². The molecule has 3 heterocycles. The Morgan fingerprint density at radius 2 is 1.32 bits per heavy atom. The van der Waals surface area contributed by atoms with Gasteiger partial charge in [0.2, 0.25) is 5.91 Å². The number of β-lactam (4-membered cyclic amide) rings is 1. The van der Waals surface area contributed by atoms with Gasteiger partial charge in [0.15, 0.2) is 12.1 Å². The zero-order chi connectivity index (χ0) is 31.3. The Labute approximate surface area is 262 Å². The van der Waals surface area contributed by atoms with Crippen LogP contribution in [-0.2, 0) is 34.1 Å². The molecular weight excluding hydrogens is 570 g/mol. The van der Waals surface area contributed by atoms with Crippen LogP contribution in [0.5, 0.6) is 0 Å². The fourth-order valence-electron chi connectivity index (χ4n) is 6.63. The van der Waals surface area contributed by atoms with Crippen LogP contribution in [0.2, 0.25) is 23.7 Å². The van der Waals surface area contributed by atoms with Gasteiger partial charge in [-0.05, 0) is 35.6 Å². The highest BCUT2D eigenvalue weighted by Gasteiger charge is 2.61. The zero-order valence-corrected chi connectivity index (χ0v) is 27.8. The number of amides is 1. The van der Waals surface area contributed by atoms with Crippen molar-refractivity contribution in [1.29, 1.82) is 0 Å². The fourth-order valence-corrected chi connectivity index (χ4v) is 9.22. The number of hydrogen-bond donors (Lipinski definition) is 1. The summed E-state index contributed by atoms with van der Waals surface area (Å²) >= 11 is 0. The van der Waals surface area contributed by atoms with Gasteiger partial charge in [0.25, 0.3) is 0 Å². The van der Waals surface area contributed by atoms with Crippen molar-refractivity contribution < 1.29 is 28.5 Å². The molecule has 0 bridgehead atoms. The minimum absolute atomic E-state index is 0.0177. The third-order valence-corrected chi connectivity index (χ3v) is 16.0. The average Bonchev–Trinajstić information content (AvgIpc) is 3.45. The molecule has 0 spiro atoms. The number of carbonyl (C=O) groups is 1. The van der Waals surface area contributed by atoms with Crippen LogP contribution in [0.4, 0.5) is 0 Å². The Hall–Kier alpha value is -2.85. The third-order valence-electron chi connectivity index (χ3n) is 9.98. The lowest BCUT2D eigenvalue weighted by molar-refractivity contribution is -0.233.